The van der Waals surface area contributed by atoms with Gasteiger partial charge in [0, 0.05) is 17.0 Å². The van der Waals surface area contributed by atoms with Crippen LogP contribution in [-0.2, 0) is 9.59 Å². The highest BCUT2D eigenvalue weighted by molar-refractivity contribution is 7.10. The van der Waals surface area contributed by atoms with Gasteiger partial charge in [-0.25, -0.2) is 0 Å². The summed E-state index contributed by atoms with van der Waals surface area (Å²) < 4.78 is 0. The van der Waals surface area contributed by atoms with Crippen LogP contribution < -0.4 is 0 Å². The zero-order valence-electron chi connectivity index (χ0n) is 15.3. The van der Waals surface area contributed by atoms with E-state index in [1.165, 1.54) is 11.3 Å². The summed E-state index contributed by atoms with van der Waals surface area (Å²) in [5, 5.41) is 12.9. The predicted molar refractivity (Wildman–Crippen MR) is 104 cm³/mol. The van der Waals surface area contributed by atoms with Gasteiger partial charge in [-0.1, -0.05) is 37.1 Å². The van der Waals surface area contributed by atoms with Crippen LogP contribution in [0.2, 0.25) is 0 Å². The predicted octanol–water partition coefficient (Wildman–Crippen LogP) is 4.59. The summed E-state index contributed by atoms with van der Waals surface area (Å²) in [5.74, 6) is -1.21. The lowest BCUT2D eigenvalue weighted by molar-refractivity contribution is -0.139. The molecular formula is C21H23NO3S. The monoisotopic (exact) mass is 369 g/mol. The van der Waals surface area contributed by atoms with E-state index in [4.69, 9.17) is 0 Å². The minimum Gasteiger partial charge on any atom is -0.507 e. The van der Waals surface area contributed by atoms with Crippen molar-refractivity contribution in [2.45, 2.75) is 39.7 Å². The number of amides is 1. The van der Waals surface area contributed by atoms with E-state index in [0.717, 1.165) is 28.8 Å². The fourth-order valence-corrected chi connectivity index (χ4v) is 4.16. The van der Waals surface area contributed by atoms with Crippen molar-refractivity contribution in [3.8, 4) is 0 Å². The lowest BCUT2D eigenvalue weighted by Crippen LogP contribution is -2.30. The molecule has 26 heavy (non-hydrogen) atoms. The maximum Gasteiger partial charge on any atom is 0.295 e. The van der Waals surface area contributed by atoms with Crippen LogP contribution in [0, 0.1) is 13.8 Å². The average molecular weight is 369 g/mol. The molecule has 2 heterocycles. The van der Waals surface area contributed by atoms with Gasteiger partial charge in [0.05, 0.1) is 11.6 Å². The van der Waals surface area contributed by atoms with Gasteiger partial charge in [-0.05, 0) is 43.3 Å². The number of likely N-dealkylation sites (tertiary alicyclic amines) is 1. The molecule has 3 rings (SSSR count). The molecule has 0 aliphatic carbocycles. The molecule has 5 heteroatoms. The summed E-state index contributed by atoms with van der Waals surface area (Å²) in [6.45, 7) is 6.38. The first-order valence-electron chi connectivity index (χ1n) is 8.85. The highest BCUT2D eigenvalue weighted by Crippen LogP contribution is 2.41. The Hall–Kier alpha value is -2.40. The van der Waals surface area contributed by atoms with E-state index in [9.17, 15) is 14.7 Å². The van der Waals surface area contributed by atoms with Gasteiger partial charge in [0.2, 0.25) is 0 Å². The Morgan fingerprint density at radius 3 is 2.65 bits per heavy atom. The number of unbranched alkanes of at least 4 members (excludes halogenated alkanes) is 1. The molecule has 0 spiro atoms. The standard InChI is InChI=1S/C21H23NO3S/c1-4-5-10-22-18(16-7-6-11-26-16)17(20(24)21(22)25)19(23)15-12-13(2)8-9-14(15)3/h6-9,11-12,18,23H,4-5,10H2,1-3H3/b19-17-. The van der Waals surface area contributed by atoms with Crippen molar-refractivity contribution < 1.29 is 14.7 Å². The van der Waals surface area contributed by atoms with Crippen molar-refractivity contribution in [3.05, 3.63) is 62.9 Å². The van der Waals surface area contributed by atoms with Crippen LogP contribution in [0.5, 0.6) is 0 Å². The number of aliphatic hydroxyl groups is 1. The van der Waals surface area contributed by atoms with Crippen molar-refractivity contribution in [1.82, 2.24) is 4.90 Å². The molecule has 1 aliphatic heterocycles. The number of Topliss-reactive ketones (excluding diaryl/α,β-unsaturated/α-hetero) is 1. The molecule has 1 fully saturated rings. The maximum atomic E-state index is 12.8. The molecule has 136 valence electrons. The lowest BCUT2D eigenvalue weighted by atomic mass is 9.96. The molecule has 1 amide bonds. The third-order valence-corrected chi connectivity index (χ3v) is 5.68. The first kappa shape index (κ1) is 18.4. The number of hydrogen-bond donors (Lipinski definition) is 1. The van der Waals surface area contributed by atoms with Crippen molar-refractivity contribution in [2.24, 2.45) is 0 Å². The number of benzene rings is 1. The van der Waals surface area contributed by atoms with Crippen molar-refractivity contribution >= 4 is 28.8 Å². The van der Waals surface area contributed by atoms with E-state index in [-0.39, 0.29) is 11.3 Å². The van der Waals surface area contributed by atoms with Crippen LogP contribution in [0.25, 0.3) is 5.76 Å². The summed E-state index contributed by atoms with van der Waals surface area (Å²) in [7, 11) is 0. The van der Waals surface area contributed by atoms with Crippen molar-refractivity contribution in [1.29, 1.82) is 0 Å². The zero-order valence-corrected chi connectivity index (χ0v) is 16.1. The Morgan fingerprint density at radius 2 is 2.00 bits per heavy atom. The van der Waals surface area contributed by atoms with E-state index < -0.39 is 17.7 Å². The number of nitrogens with zero attached hydrogens (tertiary/aromatic N) is 1. The summed E-state index contributed by atoms with van der Waals surface area (Å²) in [6, 6.07) is 9.03. The highest BCUT2D eigenvalue weighted by atomic mass is 32.1. The topological polar surface area (TPSA) is 57.6 Å². The number of ketones is 1. The molecule has 1 N–H and O–H groups in total. The molecule has 0 radical (unpaired) electrons. The van der Waals surface area contributed by atoms with Crippen LogP contribution >= 0.6 is 11.3 Å². The van der Waals surface area contributed by atoms with Crippen LogP contribution in [0.1, 0.15) is 47.4 Å². The molecular weight excluding hydrogens is 346 g/mol. The Kier molecular flexibility index (Phi) is 5.28. The number of carbonyl (C=O) groups excluding carboxylic acids is 2. The average Bonchev–Trinajstić information content (AvgIpc) is 3.23. The second-order valence-corrected chi connectivity index (χ2v) is 7.66. The van der Waals surface area contributed by atoms with Crippen molar-refractivity contribution in [3.63, 3.8) is 0 Å². The quantitative estimate of drug-likeness (QED) is 0.476. The molecule has 1 aromatic carbocycles. The third-order valence-electron chi connectivity index (χ3n) is 4.75. The van der Waals surface area contributed by atoms with E-state index in [1.54, 1.807) is 4.90 Å². The number of carbonyl (C=O) groups is 2. The highest BCUT2D eigenvalue weighted by Gasteiger charge is 2.46. The molecule has 1 aliphatic rings. The van der Waals surface area contributed by atoms with Gasteiger partial charge in [-0.15, -0.1) is 11.3 Å². The number of aliphatic hydroxyl groups excluding tert-OH is 1. The molecule has 0 saturated carbocycles. The molecule has 1 aromatic heterocycles. The van der Waals surface area contributed by atoms with Crippen LogP contribution in [0.4, 0.5) is 0 Å². The number of thiophene rings is 1. The molecule has 4 nitrogen and oxygen atoms in total. The molecule has 1 saturated heterocycles. The molecule has 1 atom stereocenters. The zero-order chi connectivity index (χ0) is 18.8. The maximum absolute atomic E-state index is 12.8. The smallest absolute Gasteiger partial charge is 0.295 e. The number of hydrogen-bond acceptors (Lipinski definition) is 4. The summed E-state index contributed by atoms with van der Waals surface area (Å²) >= 11 is 1.49. The second kappa shape index (κ2) is 7.46. The largest absolute Gasteiger partial charge is 0.507 e. The number of aryl methyl sites for hydroxylation is 2. The van der Waals surface area contributed by atoms with Crippen LogP contribution in [-0.4, -0.2) is 28.2 Å². The van der Waals surface area contributed by atoms with Gasteiger partial charge < -0.3 is 10.0 Å². The van der Waals surface area contributed by atoms with E-state index in [2.05, 4.69) is 0 Å². The van der Waals surface area contributed by atoms with Gasteiger partial charge in [0.1, 0.15) is 5.76 Å². The minimum atomic E-state index is -0.599. The Morgan fingerprint density at radius 1 is 1.23 bits per heavy atom. The Labute approximate surface area is 157 Å². The van der Waals surface area contributed by atoms with E-state index >= 15 is 0 Å². The molecule has 0 bridgehead atoms. The minimum absolute atomic E-state index is 0.0815. The van der Waals surface area contributed by atoms with Crippen molar-refractivity contribution in [2.75, 3.05) is 6.54 Å². The van der Waals surface area contributed by atoms with Gasteiger partial charge in [-0.2, -0.15) is 0 Å². The lowest BCUT2D eigenvalue weighted by Gasteiger charge is -2.24. The fraction of sp³-hybridized carbons (Fsp3) is 0.333. The summed E-state index contributed by atoms with van der Waals surface area (Å²) in [6.07, 6.45) is 1.75. The van der Waals surface area contributed by atoms with E-state index in [1.807, 2.05) is 56.5 Å². The van der Waals surface area contributed by atoms with Gasteiger partial charge in [0.15, 0.2) is 0 Å². The summed E-state index contributed by atoms with van der Waals surface area (Å²) in [5.41, 5.74) is 2.67. The fourth-order valence-electron chi connectivity index (χ4n) is 3.32. The first-order valence-corrected chi connectivity index (χ1v) is 9.73. The molecule has 1 unspecified atom stereocenters. The molecule has 2 aromatic rings. The Bertz CT molecular complexity index is 867. The first-order chi connectivity index (χ1) is 12.5. The third kappa shape index (κ3) is 3.19. The Balaban J connectivity index is 2.17. The van der Waals surface area contributed by atoms with Gasteiger partial charge in [0.25, 0.3) is 11.7 Å². The van der Waals surface area contributed by atoms with Crippen LogP contribution in [0.15, 0.2) is 41.3 Å². The van der Waals surface area contributed by atoms with Gasteiger partial charge >= 0.3 is 0 Å². The van der Waals surface area contributed by atoms with Gasteiger partial charge in [-0.3, -0.25) is 9.59 Å². The SMILES string of the molecule is CCCCN1C(=O)C(=O)/C(=C(\O)c2cc(C)ccc2C)C1c1cccs1. The normalized spacial score (nSPS) is 19.3. The van der Waals surface area contributed by atoms with Crippen LogP contribution in [0.3, 0.4) is 0 Å². The van der Waals surface area contributed by atoms with E-state index in [0.29, 0.717) is 12.1 Å². The summed E-state index contributed by atoms with van der Waals surface area (Å²) in [4.78, 5) is 27.9. The second-order valence-electron chi connectivity index (χ2n) is 6.68. The number of rotatable bonds is 5.